The summed E-state index contributed by atoms with van der Waals surface area (Å²) >= 11 is 0. The van der Waals surface area contributed by atoms with Gasteiger partial charge in [0.25, 0.3) is 0 Å². The van der Waals surface area contributed by atoms with Gasteiger partial charge in [-0.1, -0.05) is 6.92 Å². The van der Waals surface area contributed by atoms with Crippen LogP contribution in [-0.4, -0.2) is 24.4 Å². The van der Waals surface area contributed by atoms with Gasteiger partial charge in [0, 0.05) is 13.2 Å². The van der Waals surface area contributed by atoms with E-state index in [9.17, 15) is 5.11 Å². The van der Waals surface area contributed by atoms with Crippen LogP contribution in [-0.2, 0) is 4.74 Å². The molecule has 1 saturated heterocycles. The lowest BCUT2D eigenvalue weighted by Gasteiger charge is -2.35. The highest BCUT2D eigenvalue weighted by atomic mass is 16.5. The Morgan fingerprint density at radius 1 is 1.40 bits per heavy atom. The van der Waals surface area contributed by atoms with Crippen molar-refractivity contribution in [3.8, 4) is 0 Å². The first kappa shape index (κ1) is 8.02. The molecule has 1 atom stereocenters. The Hall–Kier alpha value is -0.0800. The largest absolute Gasteiger partial charge is 0.393 e. The van der Waals surface area contributed by atoms with Crippen LogP contribution in [0.25, 0.3) is 0 Å². The predicted molar refractivity (Wildman–Crippen MR) is 39.8 cm³/mol. The predicted octanol–water partition coefficient (Wildman–Crippen LogP) is 1.18. The van der Waals surface area contributed by atoms with Crippen LogP contribution < -0.4 is 0 Å². The van der Waals surface area contributed by atoms with Crippen molar-refractivity contribution >= 4 is 0 Å². The number of aliphatic hydroxyl groups is 1. The van der Waals surface area contributed by atoms with Crippen molar-refractivity contribution in [2.24, 2.45) is 5.41 Å². The Kier molecular flexibility index (Phi) is 2.32. The van der Waals surface area contributed by atoms with Gasteiger partial charge in [0.2, 0.25) is 0 Å². The topological polar surface area (TPSA) is 29.5 Å². The molecular formula is C8H16O2. The third kappa shape index (κ3) is 1.50. The highest BCUT2D eigenvalue weighted by Gasteiger charge is 2.31. The van der Waals surface area contributed by atoms with Gasteiger partial charge < -0.3 is 9.84 Å². The summed E-state index contributed by atoms with van der Waals surface area (Å²) < 4.78 is 5.20. The van der Waals surface area contributed by atoms with E-state index in [1.807, 2.05) is 6.92 Å². The van der Waals surface area contributed by atoms with Crippen LogP contribution in [0, 0.1) is 5.41 Å². The molecule has 0 aromatic heterocycles. The Morgan fingerprint density at radius 3 is 2.20 bits per heavy atom. The molecule has 0 radical (unpaired) electrons. The highest BCUT2D eigenvalue weighted by molar-refractivity contribution is 4.81. The van der Waals surface area contributed by atoms with Crippen molar-refractivity contribution in [3.63, 3.8) is 0 Å². The summed E-state index contributed by atoms with van der Waals surface area (Å²) in [5.74, 6) is 0. The normalized spacial score (nSPS) is 27.9. The van der Waals surface area contributed by atoms with Crippen LogP contribution in [0.15, 0.2) is 0 Å². The fourth-order valence-electron chi connectivity index (χ4n) is 1.26. The Balaban J connectivity index is 2.48. The second kappa shape index (κ2) is 2.89. The zero-order chi connectivity index (χ0) is 7.61. The molecule has 1 heterocycles. The maximum atomic E-state index is 9.38. The van der Waals surface area contributed by atoms with Crippen LogP contribution >= 0.6 is 0 Å². The summed E-state index contributed by atoms with van der Waals surface area (Å²) in [5.41, 5.74) is 0.109. The van der Waals surface area contributed by atoms with Crippen molar-refractivity contribution in [1.29, 1.82) is 0 Å². The minimum absolute atomic E-state index is 0.109. The summed E-state index contributed by atoms with van der Waals surface area (Å²) in [6.45, 7) is 5.61. The smallest absolute Gasteiger partial charge is 0.0567 e. The molecule has 0 spiro atoms. The molecule has 1 rings (SSSR count). The lowest BCUT2D eigenvalue weighted by Crippen LogP contribution is -2.35. The summed E-state index contributed by atoms with van der Waals surface area (Å²) in [4.78, 5) is 0. The van der Waals surface area contributed by atoms with Gasteiger partial charge in [0.15, 0.2) is 0 Å². The summed E-state index contributed by atoms with van der Waals surface area (Å²) in [6.07, 6.45) is 1.78. The van der Waals surface area contributed by atoms with Crippen molar-refractivity contribution in [1.82, 2.24) is 0 Å². The fraction of sp³-hybridized carbons (Fsp3) is 1.00. The van der Waals surface area contributed by atoms with E-state index in [0.717, 1.165) is 26.1 Å². The molecule has 60 valence electrons. The molecule has 2 nitrogen and oxygen atoms in total. The van der Waals surface area contributed by atoms with Crippen LogP contribution in [0.2, 0.25) is 0 Å². The lowest BCUT2D eigenvalue weighted by atomic mass is 9.78. The van der Waals surface area contributed by atoms with Gasteiger partial charge in [-0.3, -0.25) is 0 Å². The van der Waals surface area contributed by atoms with Crippen LogP contribution in [0.3, 0.4) is 0 Å². The number of aliphatic hydroxyl groups excluding tert-OH is 1. The maximum absolute atomic E-state index is 9.38. The van der Waals surface area contributed by atoms with Crippen molar-refractivity contribution in [3.05, 3.63) is 0 Å². The molecule has 1 N–H and O–H groups in total. The van der Waals surface area contributed by atoms with Gasteiger partial charge in [-0.25, -0.2) is 0 Å². The second-order valence-corrected chi connectivity index (χ2v) is 3.44. The van der Waals surface area contributed by atoms with E-state index >= 15 is 0 Å². The molecule has 0 saturated carbocycles. The van der Waals surface area contributed by atoms with Crippen molar-refractivity contribution in [2.75, 3.05) is 13.2 Å². The third-order valence-corrected chi connectivity index (χ3v) is 2.64. The first-order chi connectivity index (χ1) is 4.65. The van der Waals surface area contributed by atoms with Crippen LogP contribution in [0.1, 0.15) is 26.7 Å². The molecule has 10 heavy (non-hydrogen) atoms. The summed E-state index contributed by atoms with van der Waals surface area (Å²) in [7, 11) is 0. The number of hydrogen-bond donors (Lipinski definition) is 1. The van der Waals surface area contributed by atoms with Gasteiger partial charge >= 0.3 is 0 Å². The monoisotopic (exact) mass is 144 g/mol. The molecule has 0 aromatic carbocycles. The Bertz CT molecular complexity index is 104. The number of hydrogen-bond acceptors (Lipinski definition) is 2. The SMILES string of the molecule is CC(O)C1(C)CCOCC1. The van der Waals surface area contributed by atoms with Crippen LogP contribution in [0.5, 0.6) is 0 Å². The second-order valence-electron chi connectivity index (χ2n) is 3.44. The molecule has 1 aliphatic heterocycles. The zero-order valence-electron chi connectivity index (χ0n) is 6.76. The molecule has 0 bridgehead atoms. The average Bonchev–Trinajstić information content (AvgIpc) is 1.89. The van der Waals surface area contributed by atoms with E-state index < -0.39 is 0 Å². The van der Waals surface area contributed by atoms with Gasteiger partial charge in [0.1, 0.15) is 0 Å². The Morgan fingerprint density at radius 2 is 1.90 bits per heavy atom. The molecule has 2 heteroatoms. The molecule has 0 aromatic rings. The zero-order valence-corrected chi connectivity index (χ0v) is 6.76. The van der Waals surface area contributed by atoms with E-state index in [-0.39, 0.29) is 11.5 Å². The quantitative estimate of drug-likeness (QED) is 0.599. The van der Waals surface area contributed by atoms with E-state index in [2.05, 4.69) is 6.92 Å². The van der Waals surface area contributed by atoms with E-state index in [4.69, 9.17) is 4.74 Å². The van der Waals surface area contributed by atoms with Gasteiger partial charge in [0.05, 0.1) is 6.10 Å². The van der Waals surface area contributed by atoms with E-state index in [1.165, 1.54) is 0 Å². The average molecular weight is 144 g/mol. The van der Waals surface area contributed by atoms with E-state index in [1.54, 1.807) is 0 Å². The molecular weight excluding hydrogens is 128 g/mol. The van der Waals surface area contributed by atoms with Gasteiger partial charge in [-0.15, -0.1) is 0 Å². The fourth-order valence-corrected chi connectivity index (χ4v) is 1.26. The summed E-state index contributed by atoms with van der Waals surface area (Å²) in [5, 5.41) is 9.38. The molecule has 1 unspecified atom stereocenters. The van der Waals surface area contributed by atoms with Gasteiger partial charge in [-0.2, -0.15) is 0 Å². The molecule has 0 amide bonds. The lowest BCUT2D eigenvalue weighted by molar-refractivity contribution is -0.0431. The minimum atomic E-state index is -0.198. The molecule has 0 aliphatic carbocycles. The third-order valence-electron chi connectivity index (χ3n) is 2.64. The molecule has 1 aliphatic rings. The highest BCUT2D eigenvalue weighted by Crippen LogP contribution is 2.32. The summed E-state index contributed by atoms with van der Waals surface area (Å²) in [6, 6.07) is 0. The van der Waals surface area contributed by atoms with E-state index in [0.29, 0.717) is 0 Å². The van der Waals surface area contributed by atoms with Gasteiger partial charge in [-0.05, 0) is 25.2 Å². The number of rotatable bonds is 1. The Labute approximate surface area is 62.2 Å². The standard InChI is InChI=1S/C8H16O2/c1-7(9)8(2)3-5-10-6-4-8/h7,9H,3-6H2,1-2H3. The van der Waals surface area contributed by atoms with Crippen LogP contribution in [0.4, 0.5) is 0 Å². The minimum Gasteiger partial charge on any atom is -0.393 e. The number of ether oxygens (including phenoxy) is 1. The van der Waals surface area contributed by atoms with Crippen molar-refractivity contribution in [2.45, 2.75) is 32.8 Å². The maximum Gasteiger partial charge on any atom is 0.0567 e. The van der Waals surface area contributed by atoms with Crippen molar-refractivity contribution < 1.29 is 9.84 Å². The first-order valence-electron chi connectivity index (χ1n) is 3.91. The first-order valence-corrected chi connectivity index (χ1v) is 3.91. The molecule has 1 fully saturated rings.